The van der Waals surface area contributed by atoms with Crippen molar-refractivity contribution in [3.63, 3.8) is 0 Å². The monoisotopic (exact) mass is 380 g/mol. The molecule has 0 saturated carbocycles. The smallest absolute Gasteiger partial charge is 0.269 e. The highest BCUT2D eigenvalue weighted by molar-refractivity contribution is 7.89. The van der Waals surface area contributed by atoms with Gasteiger partial charge in [0.15, 0.2) is 0 Å². The van der Waals surface area contributed by atoms with Gasteiger partial charge in [-0.25, -0.2) is 12.8 Å². The first-order chi connectivity index (χ1) is 12.4. The fourth-order valence-electron chi connectivity index (χ4n) is 3.00. The van der Waals surface area contributed by atoms with Crippen molar-refractivity contribution in [2.24, 2.45) is 0 Å². The molecule has 1 saturated heterocycles. The third-order valence-corrected chi connectivity index (χ3v) is 6.40. The summed E-state index contributed by atoms with van der Waals surface area (Å²) in [6.07, 6.45) is 0. The molecule has 0 unspecified atom stereocenters. The molecule has 0 amide bonds. The molecule has 26 heavy (non-hydrogen) atoms. The van der Waals surface area contributed by atoms with Gasteiger partial charge in [-0.05, 0) is 24.3 Å². The topological polar surface area (TPSA) is 85.0 Å². The molecular weight excluding hydrogens is 361 g/mol. The highest BCUT2D eigenvalue weighted by atomic mass is 32.2. The van der Waals surface area contributed by atoms with Crippen LogP contribution in [0.2, 0.25) is 0 Å². The van der Waals surface area contributed by atoms with Crippen LogP contribution in [-0.2, 0) is 16.6 Å². The second kappa shape index (κ2) is 7.48. The van der Waals surface area contributed by atoms with Gasteiger partial charge in [-0.3, -0.25) is 10.1 Å². The second-order valence-corrected chi connectivity index (χ2v) is 8.15. The number of hydrogen-bond acceptors (Lipinski definition) is 4. The lowest BCUT2D eigenvalue weighted by molar-refractivity contribution is -0.917. The number of nitrogens with zero attached hydrogens (tertiary/aromatic N) is 2. The Labute approximate surface area is 150 Å². The minimum atomic E-state index is -3.66. The number of quaternary nitrogens is 1. The lowest BCUT2D eigenvalue weighted by Gasteiger charge is -2.31. The van der Waals surface area contributed by atoms with E-state index in [9.17, 15) is 22.9 Å². The maximum atomic E-state index is 13.0. The summed E-state index contributed by atoms with van der Waals surface area (Å²) >= 11 is 0. The summed E-state index contributed by atoms with van der Waals surface area (Å²) in [6.45, 7) is 2.74. The van der Waals surface area contributed by atoms with E-state index in [4.69, 9.17) is 0 Å². The minimum Gasteiger partial charge on any atom is -0.329 e. The SMILES string of the molecule is O=[N+]([O-])c1ccc(S(=O)(=O)N2CC[NH+](Cc3ccc(F)cc3)CC2)cc1. The van der Waals surface area contributed by atoms with Crippen molar-refractivity contribution >= 4 is 15.7 Å². The van der Waals surface area contributed by atoms with E-state index >= 15 is 0 Å². The van der Waals surface area contributed by atoms with Gasteiger partial charge in [0.1, 0.15) is 12.4 Å². The Hall–Kier alpha value is -2.36. The molecule has 1 N–H and O–H groups in total. The van der Waals surface area contributed by atoms with E-state index in [0.717, 1.165) is 5.56 Å². The summed E-state index contributed by atoms with van der Waals surface area (Å²) in [5, 5.41) is 10.7. The summed E-state index contributed by atoms with van der Waals surface area (Å²) in [7, 11) is -3.66. The largest absolute Gasteiger partial charge is 0.329 e. The average Bonchev–Trinajstić information content (AvgIpc) is 2.64. The zero-order valence-corrected chi connectivity index (χ0v) is 14.8. The molecule has 2 aromatic carbocycles. The van der Waals surface area contributed by atoms with Gasteiger partial charge < -0.3 is 4.90 Å². The van der Waals surface area contributed by atoms with Gasteiger partial charge in [0.2, 0.25) is 10.0 Å². The van der Waals surface area contributed by atoms with Crippen LogP contribution in [0, 0.1) is 15.9 Å². The molecule has 0 atom stereocenters. The van der Waals surface area contributed by atoms with E-state index in [2.05, 4.69) is 0 Å². The zero-order valence-electron chi connectivity index (χ0n) is 14.0. The number of piperazine rings is 1. The van der Waals surface area contributed by atoms with Crippen LogP contribution in [0.15, 0.2) is 53.4 Å². The zero-order chi connectivity index (χ0) is 18.7. The van der Waals surface area contributed by atoms with Crippen molar-refractivity contribution in [1.29, 1.82) is 0 Å². The van der Waals surface area contributed by atoms with Crippen LogP contribution in [0.5, 0.6) is 0 Å². The molecule has 0 radical (unpaired) electrons. The number of halogens is 1. The van der Waals surface area contributed by atoms with Gasteiger partial charge in [-0.15, -0.1) is 0 Å². The van der Waals surface area contributed by atoms with Crippen molar-refractivity contribution in [3.05, 3.63) is 70.0 Å². The molecule has 0 aromatic heterocycles. The molecule has 0 bridgehead atoms. The Kier molecular flexibility index (Phi) is 5.30. The quantitative estimate of drug-likeness (QED) is 0.615. The summed E-state index contributed by atoms with van der Waals surface area (Å²) in [6, 6.07) is 11.3. The molecule has 7 nitrogen and oxygen atoms in total. The molecule has 3 rings (SSSR count). The predicted octanol–water partition coefficient (Wildman–Crippen LogP) is 0.823. The van der Waals surface area contributed by atoms with Crippen LogP contribution >= 0.6 is 0 Å². The fourth-order valence-corrected chi connectivity index (χ4v) is 4.44. The van der Waals surface area contributed by atoms with Gasteiger partial charge in [0.05, 0.1) is 36.0 Å². The van der Waals surface area contributed by atoms with Crippen LogP contribution in [0.25, 0.3) is 0 Å². The number of rotatable bonds is 5. The first kappa shape index (κ1) is 18.4. The van der Waals surface area contributed by atoms with E-state index in [1.807, 2.05) is 0 Å². The molecular formula is C17H19FN3O4S+. The van der Waals surface area contributed by atoms with Crippen molar-refractivity contribution in [2.45, 2.75) is 11.4 Å². The van der Waals surface area contributed by atoms with E-state index in [0.29, 0.717) is 32.7 Å². The maximum Gasteiger partial charge on any atom is 0.269 e. The molecule has 2 aromatic rings. The third-order valence-electron chi connectivity index (χ3n) is 4.48. The number of hydrogen-bond donors (Lipinski definition) is 1. The molecule has 9 heteroatoms. The maximum absolute atomic E-state index is 13.0. The van der Waals surface area contributed by atoms with E-state index in [1.165, 1.54) is 45.6 Å². The van der Waals surface area contributed by atoms with Gasteiger partial charge >= 0.3 is 0 Å². The minimum absolute atomic E-state index is 0.0603. The van der Waals surface area contributed by atoms with E-state index in [1.54, 1.807) is 12.1 Å². The number of nitro benzene ring substituents is 1. The van der Waals surface area contributed by atoms with Crippen LogP contribution < -0.4 is 4.90 Å². The van der Waals surface area contributed by atoms with Crippen LogP contribution in [0.4, 0.5) is 10.1 Å². The second-order valence-electron chi connectivity index (χ2n) is 6.21. The molecule has 1 heterocycles. The van der Waals surface area contributed by atoms with Crippen molar-refractivity contribution in [2.75, 3.05) is 26.2 Å². The highest BCUT2D eigenvalue weighted by Gasteiger charge is 2.30. The molecule has 0 aliphatic carbocycles. The number of sulfonamides is 1. The molecule has 1 fully saturated rings. The predicted molar refractivity (Wildman–Crippen MR) is 92.7 cm³/mol. The van der Waals surface area contributed by atoms with Crippen LogP contribution in [-0.4, -0.2) is 43.8 Å². The number of non-ortho nitro benzene ring substituents is 1. The molecule has 138 valence electrons. The number of nitrogens with one attached hydrogen (secondary N) is 1. The summed E-state index contributed by atoms with van der Waals surface area (Å²) in [5.74, 6) is -0.275. The average molecular weight is 380 g/mol. The van der Waals surface area contributed by atoms with E-state index in [-0.39, 0.29) is 16.4 Å². The van der Waals surface area contributed by atoms with Crippen LogP contribution in [0.3, 0.4) is 0 Å². The standard InChI is InChI=1S/C17H18FN3O4S/c18-15-3-1-14(2-4-15)13-19-9-11-20(12-10-19)26(24,25)17-7-5-16(6-8-17)21(22)23/h1-8H,9-13H2/p+1. The Morgan fingerprint density at radius 2 is 1.62 bits per heavy atom. The lowest BCUT2D eigenvalue weighted by Crippen LogP contribution is -3.13. The molecule has 0 spiro atoms. The Morgan fingerprint density at radius 1 is 1.04 bits per heavy atom. The lowest BCUT2D eigenvalue weighted by atomic mass is 10.2. The van der Waals surface area contributed by atoms with Gasteiger partial charge in [0.25, 0.3) is 5.69 Å². The van der Waals surface area contributed by atoms with Crippen molar-refractivity contribution in [3.8, 4) is 0 Å². The van der Waals surface area contributed by atoms with E-state index < -0.39 is 14.9 Å². The van der Waals surface area contributed by atoms with Gasteiger partial charge in [0, 0.05) is 17.7 Å². The summed E-state index contributed by atoms with van der Waals surface area (Å²) in [5.41, 5.74) is 0.866. The van der Waals surface area contributed by atoms with Gasteiger partial charge in [-0.2, -0.15) is 4.31 Å². The Morgan fingerprint density at radius 3 is 2.15 bits per heavy atom. The molecule has 1 aliphatic heterocycles. The number of benzene rings is 2. The van der Waals surface area contributed by atoms with Crippen LogP contribution in [0.1, 0.15) is 5.56 Å². The summed E-state index contributed by atoms with van der Waals surface area (Å²) < 4.78 is 39.7. The molecule has 1 aliphatic rings. The Balaban J connectivity index is 1.62. The first-order valence-corrected chi connectivity index (χ1v) is 9.63. The fraction of sp³-hybridized carbons (Fsp3) is 0.294. The first-order valence-electron chi connectivity index (χ1n) is 8.19. The van der Waals surface area contributed by atoms with Crippen molar-refractivity contribution < 1.29 is 22.6 Å². The number of nitro groups is 1. The van der Waals surface area contributed by atoms with Gasteiger partial charge in [-0.1, -0.05) is 12.1 Å². The Bertz CT molecular complexity index is 877. The van der Waals surface area contributed by atoms with Crippen molar-refractivity contribution in [1.82, 2.24) is 4.31 Å². The summed E-state index contributed by atoms with van der Waals surface area (Å²) in [4.78, 5) is 11.4. The highest BCUT2D eigenvalue weighted by Crippen LogP contribution is 2.19. The normalized spacial score (nSPS) is 16.5. The third kappa shape index (κ3) is 4.06.